The minimum Gasteiger partial charge on any atom is -0.382 e. The van der Waals surface area contributed by atoms with Gasteiger partial charge in [0.2, 0.25) is 5.91 Å². The predicted octanol–water partition coefficient (Wildman–Crippen LogP) is 3.59. The number of hydrogen-bond acceptors (Lipinski definition) is 2. The summed E-state index contributed by atoms with van der Waals surface area (Å²) in [6.07, 6.45) is 4.52. The smallest absolute Gasteiger partial charge is 0.223 e. The summed E-state index contributed by atoms with van der Waals surface area (Å²) in [4.78, 5) is 13.4. The van der Waals surface area contributed by atoms with Crippen LogP contribution in [0.5, 0.6) is 0 Å². The Morgan fingerprint density at radius 3 is 2.84 bits per heavy atom. The molecular weight excluding hydrogens is 236 g/mol. The number of carbonyl (C=O) groups excluding carboxylic acids is 1. The first-order valence-electron chi connectivity index (χ1n) is 7.33. The first-order chi connectivity index (χ1) is 9.15. The molecule has 0 bridgehead atoms. The van der Waals surface area contributed by atoms with E-state index >= 15 is 0 Å². The van der Waals surface area contributed by atoms with Crippen LogP contribution in [0.1, 0.15) is 45.6 Å². The van der Waals surface area contributed by atoms with E-state index in [4.69, 9.17) is 0 Å². The van der Waals surface area contributed by atoms with Gasteiger partial charge in [0.05, 0.1) is 0 Å². The third kappa shape index (κ3) is 3.09. The van der Waals surface area contributed by atoms with Crippen LogP contribution < -0.4 is 10.2 Å². The largest absolute Gasteiger partial charge is 0.382 e. The third-order valence-corrected chi connectivity index (χ3v) is 3.86. The van der Waals surface area contributed by atoms with Gasteiger partial charge in [0.25, 0.3) is 0 Å². The van der Waals surface area contributed by atoms with Gasteiger partial charge in [-0.05, 0) is 43.0 Å². The Labute approximate surface area is 116 Å². The van der Waals surface area contributed by atoms with Gasteiger partial charge in [-0.2, -0.15) is 0 Å². The zero-order valence-electron chi connectivity index (χ0n) is 12.2. The minimum atomic E-state index is 0.136. The SMILES string of the molecule is CCCC(CC)Nc1ccc2c(c1)CCN2C(C)=O. The first kappa shape index (κ1) is 13.9. The Morgan fingerprint density at radius 2 is 2.21 bits per heavy atom. The summed E-state index contributed by atoms with van der Waals surface area (Å²) >= 11 is 0. The molecule has 1 atom stereocenters. The highest BCUT2D eigenvalue weighted by atomic mass is 16.2. The van der Waals surface area contributed by atoms with Crippen LogP contribution >= 0.6 is 0 Å². The van der Waals surface area contributed by atoms with E-state index in [0.717, 1.165) is 25.1 Å². The first-order valence-corrected chi connectivity index (χ1v) is 7.33. The maximum absolute atomic E-state index is 11.5. The number of fused-ring (bicyclic) bond motifs is 1. The lowest BCUT2D eigenvalue weighted by Gasteiger charge is -2.19. The highest BCUT2D eigenvalue weighted by Crippen LogP contribution is 2.30. The average Bonchev–Trinajstić information content (AvgIpc) is 2.81. The van der Waals surface area contributed by atoms with Crippen LogP contribution in [0.3, 0.4) is 0 Å². The molecule has 1 aromatic rings. The fourth-order valence-electron chi connectivity index (χ4n) is 2.78. The van der Waals surface area contributed by atoms with E-state index in [1.54, 1.807) is 6.92 Å². The van der Waals surface area contributed by atoms with Gasteiger partial charge < -0.3 is 10.2 Å². The summed E-state index contributed by atoms with van der Waals surface area (Å²) in [6.45, 7) is 6.89. The number of amides is 1. The maximum Gasteiger partial charge on any atom is 0.223 e. The molecule has 1 heterocycles. The fourth-order valence-corrected chi connectivity index (χ4v) is 2.78. The monoisotopic (exact) mass is 260 g/mol. The van der Waals surface area contributed by atoms with Crippen molar-refractivity contribution in [2.75, 3.05) is 16.8 Å². The van der Waals surface area contributed by atoms with Crippen molar-refractivity contribution < 1.29 is 4.79 Å². The lowest BCUT2D eigenvalue weighted by Crippen LogP contribution is -2.25. The van der Waals surface area contributed by atoms with Crippen LogP contribution in [0, 0.1) is 0 Å². The molecule has 2 rings (SSSR count). The number of rotatable bonds is 5. The van der Waals surface area contributed by atoms with Crippen molar-refractivity contribution in [3.05, 3.63) is 23.8 Å². The molecule has 0 spiro atoms. The molecule has 1 aliphatic rings. The third-order valence-electron chi connectivity index (χ3n) is 3.86. The molecule has 1 amide bonds. The quantitative estimate of drug-likeness (QED) is 0.877. The molecule has 0 fully saturated rings. The summed E-state index contributed by atoms with van der Waals surface area (Å²) in [6, 6.07) is 6.92. The van der Waals surface area contributed by atoms with E-state index in [-0.39, 0.29) is 5.91 Å². The molecule has 1 aliphatic heterocycles. The molecule has 0 saturated heterocycles. The lowest BCUT2D eigenvalue weighted by atomic mass is 10.1. The van der Waals surface area contributed by atoms with E-state index in [1.807, 2.05) is 4.90 Å². The molecule has 0 saturated carbocycles. The van der Waals surface area contributed by atoms with E-state index in [2.05, 4.69) is 37.4 Å². The number of nitrogens with one attached hydrogen (secondary N) is 1. The Hall–Kier alpha value is -1.51. The number of anilines is 2. The van der Waals surface area contributed by atoms with Crippen molar-refractivity contribution in [1.29, 1.82) is 0 Å². The molecule has 1 unspecified atom stereocenters. The highest BCUT2D eigenvalue weighted by molar-refractivity contribution is 5.94. The Kier molecular flexibility index (Phi) is 4.46. The molecule has 0 aromatic heterocycles. The zero-order chi connectivity index (χ0) is 13.8. The Bertz CT molecular complexity index is 456. The summed E-state index contributed by atoms with van der Waals surface area (Å²) in [7, 11) is 0. The molecule has 1 aromatic carbocycles. The topological polar surface area (TPSA) is 32.3 Å². The van der Waals surface area contributed by atoms with Crippen LogP contribution in [0.4, 0.5) is 11.4 Å². The number of benzene rings is 1. The second kappa shape index (κ2) is 6.09. The number of carbonyl (C=O) groups is 1. The summed E-state index contributed by atoms with van der Waals surface area (Å²) in [5.41, 5.74) is 3.55. The Morgan fingerprint density at radius 1 is 1.42 bits per heavy atom. The van der Waals surface area contributed by atoms with Crippen LogP contribution in [-0.4, -0.2) is 18.5 Å². The van der Waals surface area contributed by atoms with Crippen molar-refractivity contribution in [3.63, 3.8) is 0 Å². The van der Waals surface area contributed by atoms with Crippen LogP contribution in [-0.2, 0) is 11.2 Å². The summed E-state index contributed by atoms with van der Waals surface area (Å²) in [5, 5.41) is 3.60. The van der Waals surface area contributed by atoms with Crippen molar-refractivity contribution in [1.82, 2.24) is 0 Å². The molecule has 104 valence electrons. The van der Waals surface area contributed by atoms with Gasteiger partial charge >= 0.3 is 0 Å². The van der Waals surface area contributed by atoms with Gasteiger partial charge in [0.1, 0.15) is 0 Å². The summed E-state index contributed by atoms with van der Waals surface area (Å²) in [5.74, 6) is 0.136. The standard InChI is InChI=1S/C16H24N2O/c1-4-6-14(5-2)17-15-7-8-16-13(11-15)9-10-18(16)12(3)19/h7-8,11,14,17H,4-6,9-10H2,1-3H3. The lowest BCUT2D eigenvalue weighted by molar-refractivity contribution is -0.116. The molecule has 19 heavy (non-hydrogen) atoms. The normalized spacial score (nSPS) is 15.2. The Balaban J connectivity index is 2.12. The molecule has 3 heteroatoms. The van der Waals surface area contributed by atoms with Crippen molar-refractivity contribution in [2.45, 2.75) is 52.5 Å². The van der Waals surface area contributed by atoms with Crippen LogP contribution in [0.2, 0.25) is 0 Å². The van der Waals surface area contributed by atoms with E-state index in [0.29, 0.717) is 6.04 Å². The van der Waals surface area contributed by atoms with Crippen LogP contribution in [0.25, 0.3) is 0 Å². The van der Waals surface area contributed by atoms with Gasteiger partial charge in [0.15, 0.2) is 0 Å². The van der Waals surface area contributed by atoms with Gasteiger partial charge in [-0.3, -0.25) is 4.79 Å². The minimum absolute atomic E-state index is 0.136. The van der Waals surface area contributed by atoms with Gasteiger partial charge in [0, 0.05) is 30.9 Å². The summed E-state index contributed by atoms with van der Waals surface area (Å²) < 4.78 is 0. The predicted molar refractivity (Wildman–Crippen MR) is 80.8 cm³/mol. The molecule has 0 aliphatic carbocycles. The average molecular weight is 260 g/mol. The number of nitrogens with zero attached hydrogens (tertiary/aromatic N) is 1. The zero-order valence-corrected chi connectivity index (χ0v) is 12.2. The molecule has 0 radical (unpaired) electrons. The fraction of sp³-hybridized carbons (Fsp3) is 0.562. The van der Waals surface area contributed by atoms with E-state index < -0.39 is 0 Å². The van der Waals surface area contributed by atoms with Gasteiger partial charge in [-0.1, -0.05) is 20.3 Å². The van der Waals surface area contributed by atoms with Crippen LogP contribution in [0.15, 0.2) is 18.2 Å². The van der Waals surface area contributed by atoms with Crippen molar-refractivity contribution >= 4 is 17.3 Å². The molecule has 3 nitrogen and oxygen atoms in total. The number of hydrogen-bond donors (Lipinski definition) is 1. The van der Waals surface area contributed by atoms with E-state index in [9.17, 15) is 4.79 Å². The highest BCUT2D eigenvalue weighted by Gasteiger charge is 2.22. The van der Waals surface area contributed by atoms with Crippen molar-refractivity contribution in [2.24, 2.45) is 0 Å². The second-order valence-corrected chi connectivity index (χ2v) is 5.30. The van der Waals surface area contributed by atoms with Crippen molar-refractivity contribution in [3.8, 4) is 0 Å². The second-order valence-electron chi connectivity index (χ2n) is 5.30. The van der Waals surface area contributed by atoms with Gasteiger partial charge in [-0.25, -0.2) is 0 Å². The van der Waals surface area contributed by atoms with E-state index in [1.165, 1.54) is 24.1 Å². The molecule has 1 N–H and O–H groups in total. The molecular formula is C16H24N2O. The van der Waals surface area contributed by atoms with Gasteiger partial charge in [-0.15, -0.1) is 0 Å². The maximum atomic E-state index is 11.5.